The topological polar surface area (TPSA) is 81.4 Å². The Morgan fingerprint density at radius 1 is 0.968 bits per heavy atom. The van der Waals surface area contributed by atoms with Crippen molar-refractivity contribution < 1.29 is 9.53 Å². The fraction of sp³-hybridized carbons (Fsp3) is 0.0435. The van der Waals surface area contributed by atoms with Crippen LogP contribution >= 0.6 is 11.3 Å². The van der Waals surface area contributed by atoms with Crippen molar-refractivity contribution in [2.45, 2.75) is 0 Å². The number of ether oxygens (including phenoxy) is 1. The second kappa shape index (κ2) is 8.00. The van der Waals surface area contributed by atoms with E-state index in [4.69, 9.17) is 9.84 Å². The molecule has 0 bridgehead atoms. The lowest BCUT2D eigenvalue weighted by atomic mass is 10.1. The van der Waals surface area contributed by atoms with Crippen LogP contribution in [0.4, 0.5) is 5.69 Å². The van der Waals surface area contributed by atoms with Crippen LogP contribution in [0.2, 0.25) is 0 Å². The van der Waals surface area contributed by atoms with E-state index in [9.17, 15) is 4.79 Å². The number of para-hydroxylation sites is 1. The molecular formula is C23H17N5O2S. The minimum absolute atomic E-state index is 0.227. The molecule has 2 aromatic carbocycles. The highest BCUT2D eigenvalue weighted by Gasteiger charge is 2.13. The van der Waals surface area contributed by atoms with Crippen LogP contribution in [0.3, 0.4) is 0 Å². The van der Waals surface area contributed by atoms with E-state index in [1.807, 2.05) is 60.0 Å². The Labute approximate surface area is 182 Å². The van der Waals surface area contributed by atoms with Gasteiger partial charge in [0.1, 0.15) is 5.75 Å². The zero-order valence-electron chi connectivity index (χ0n) is 16.5. The van der Waals surface area contributed by atoms with Crippen LogP contribution in [0.5, 0.6) is 5.75 Å². The number of aromatic nitrogens is 4. The standard InChI is InChI=1S/C23H17N5O2S/c1-30-19-6-3-2-5-17(19)23(29)24-16-10-8-15(9-11-16)18-12-13-21-25-26-22(28(21)27-18)20-7-4-14-31-20/h2-14H,1H3,(H,24,29). The Bertz CT molecular complexity index is 1360. The molecule has 0 spiro atoms. The van der Waals surface area contributed by atoms with E-state index in [1.54, 1.807) is 41.2 Å². The van der Waals surface area contributed by atoms with Crippen molar-refractivity contribution in [3.63, 3.8) is 0 Å². The highest BCUT2D eigenvalue weighted by molar-refractivity contribution is 7.13. The zero-order valence-corrected chi connectivity index (χ0v) is 17.3. The minimum Gasteiger partial charge on any atom is -0.496 e. The number of rotatable bonds is 5. The summed E-state index contributed by atoms with van der Waals surface area (Å²) in [5.74, 6) is 1.02. The van der Waals surface area contributed by atoms with Crippen molar-refractivity contribution in [2.24, 2.45) is 0 Å². The number of hydrogen-bond donors (Lipinski definition) is 1. The van der Waals surface area contributed by atoms with Gasteiger partial charge < -0.3 is 10.1 Å². The number of hydrogen-bond acceptors (Lipinski definition) is 6. The first kappa shape index (κ1) is 19.0. The molecule has 3 aromatic heterocycles. The lowest BCUT2D eigenvalue weighted by molar-refractivity contribution is 0.102. The average molecular weight is 427 g/mol. The molecule has 152 valence electrons. The molecule has 5 rings (SSSR count). The van der Waals surface area contributed by atoms with Crippen molar-refractivity contribution >= 4 is 28.6 Å². The Kier molecular flexibility index (Phi) is 4.89. The fourth-order valence-corrected chi connectivity index (χ4v) is 3.95. The van der Waals surface area contributed by atoms with Crippen molar-refractivity contribution in [1.82, 2.24) is 19.8 Å². The van der Waals surface area contributed by atoms with E-state index in [-0.39, 0.29) is 5.91 Å². The predicted molar refractivity (Wildman–Crippen MR) is 120 cm³/mol. The van der Waals surface area contributed by atoms with E-state index in [0.29, 0.717) is 28.5 Å². The normalized spacial score (nSPS) is 10.9. The Morgan fingerprint density at radius 3 is 2.58 bits per heavy atom. The van der Waals surface area contributed by atoms with Crippen molar-refractivity contribution in [1.29, 1.82) is 0 Å². The summed E-state index contributed by atoms with van der Waals surface area (Å²) in [6.07, 6.45) is 0. The Morgan fingerprint density at radius 2 is 1.81 bits per heavy atom. The molecule has 0 unspecified atom stereocenters. The van der Waals surface area contributed by atoms with Gasteiger partial charge in [0.15, 0.2) is 11.5 Å². The van der Waals surface area contributed by atoms with Crippen LogP contribution in [0, 0.1) is 0 Å². The van der Waals surface area contributed by atoms with Crippen LogP contribution in [0.15, 0.2) is 78.2 Å². The molecule has 1 N–H and O–H groups in total. The SMILES string of the molecule is COc1ccccc1C(=O)Nc1ccc(-c2ccc3nnc(-c4cccs4)n3n2)cc1. The van der Waals surface area contributed by atoms with E-state index < -0.39 is 0 Å². The van der Waals surface area contributed by atoms with Crippen molar-refractivity contribution in [3.05, 3.63) is 83.7 Å². The van der Waals surface area contributed by atoms with Gasteiger partial charge in [-0.25, -0.2) is 0 Å². The molecule has 0 aliphatic rings. The Balaban J connectivity index is 1.40. The first-order chi connectivity index (χ1) is 15.2. The second-order valence-electron chi connectivity index (χ2n) is 6.72. The number of amides is 1. The van der Waals surface area contributed by atoms with Gasteiger partial charge in [-0.05, 0) is 47.8 Å². The molecule has 0 saturated heterocycles. The van der Waals surface area contributed by atoms with Gasteiger partial charge in [0.25, 0.3) is 5.91 Å². The molecular weight excluding hydrogens is 410 g/mol. The Hall–Kier alpha value is -4.04. The third-order valence-corrected chi connectivity index (χ3v) is 5.66. The molecule has 1 amide bonds. The van der Waals surface area contributed by atoms with Crippen molar-refractivity contribution in [3.8, 4) is 27.7 Å². The molecule has 0 radical (unpaired) electrons. The number of benzene rings is 2. The molecule has 0 aliphatic carbocycles. The summed E-state index contributed by atoms with van der Waals surface area (Å²) in [4.78, 5) is 13.6. The highest BCUT2D eigenvalue weighted by Crippen LogP contribution is 2.25. The highest BCUT2D eigenvalue weighted by atomic mass is 32.1. The summed E-state index contributed by atoms with van der Waals surface area (Å²) in [5, 5.41) is 18.1. The third-order valence-electron chi connectivity index (χ3n) is 4.79. The maximum Gasteiger partial charge on any atom is 0.259 e. The summed E-state index contributed by atoms with van der Waals surface area (Å²) in [6, 6.07) is 22.4. The minimum atomic E-state index is -0.227. The van der Waals surface area contributed by atoms with Gasteiger partial charge in [0.05, 0.1) is 23.2 Å². The fourth-order valence-electron chi connectivity index (χ4n) is 3.26. The number of carbonyl (C=O) groups is 1. The summed E-state index contributed by atoms with van der Waals surface area (Å²) in [7, 11) is 1.55. The first-order valence-electron chi connectivity index (χ1n) is 9.54. The average Bonchev–Trinajstić information content (AvgIpc) is 3.49. The summed E-state index contributed by atoms with van der Waals surface area (Å²) in [5.41, 5.74) is 3.56. The van der Waals surface area contributed by atoms with Crippen LogP contribution in [0.25, 0.3) is 27.6 Å². The summed E-state index contributed by atoms with van der Waals surface area (Å²) >= 11 is 1.59. The number of nitrogens with zero attached hydrogens (tertiary/aromatic N) is 4. The molecule has 5 aromatic rings. The van der Waals surface area contributed by atoms with E-state index in [2.05, 4.69) is 15.5 Å². The molecule has 3 heterocycles. The summed E-state index contributed by atoms with van der Waals surface area (Å²) in [6.45, 7) is 0. The van der Waals surface area contributed by atoms with Crippen LogP contribution in [0.1, 0.15) is 10.4 Å². The van der Waals surface area contributed by atoms with Crippen molar-refractivity contribution in [2.75, 3.05) is 12.4 Å². The van der Waals surface area contributed by atoms with Gasteiger partial charge in [-0.2, -0.15) is 9.61 Å². The number of fused-ring (bicyclic) bond motifs is 1. The largest absolute Gasteiger partial charge is 0.496 e. The van der Waals surface area contributed by atoms with Gasteiger partial charge in [-0.1, -0.05) is 30.3 Å². The number of thiophene rings is 1. The molecule has 7 nitrogen and oxygen atoms in total. The number of carbonyl (C=O) groups excluding carboxylic acids is 1. The number of anilines is 1. The van der Waals surface area contributed by atoms with Gasteiger partial charge in [0.2, 0.25) is 0 Å². The van der Waals surface area contributed by atoms with Crippen LogP contribution in [-0.4, -0.2) is 32.8 Å². The smallest absolute Gasteiger partial charge is 0.259 e. The van der Waals surface area contributed by atoms with Crippen LogP contribution < -0.4 is 10.1 Å². The van der Waals surface area contributed by atoms with E-state index in [1.165, 1.54) is 0 Å². The third kappa shape index (κ3) is 3.64. The molecule has 8 heteroatoms. The molecule has 0 aliphatic heterocycles. The predicted octanol–water partition coefficient (Wildman–Crippen LogP) is 4.78. The van der Waals surface area contributed by atoms with Crippen LogP contribution in [-0.2, 0) is 0 Å². The molecule has 31 heavy (non-hydrogen) atoms. The van der Waals surface area contributed by atoms with E-state index in [0.717, 1.165) is 16.1 Å². The molecule has 0 saturated carbocycles. The monoisotopic (exact) mass is 427 g/mol. The molecule has 0 fully saturated rings. The van der Waals surface area contributed by atoms with Gasteiger partial charge >= 0.3 is 0 Å². The quantitative estimate of drug-likeness (QED) is 0.437. The van der Waals surface area contributed by atoms with Gasteiger partial charge in [-0.3, -0.25) is 4.79 Å². The van der Waals surface area contributed by atoms with E-state index >= 15 is 0 Å². The lowest BCUT2D eigenvalue weighted by Gasteiger charge is -2.09. The zero-order chi connectivity index (χ0) is 21.2. The second-order valence-corrected chi connectivity index (χ2v) is 7.67. The summed E-state index contributed by atoms with van der Waals surface area (Å²) < 4.78 is 7.01. The van der Waals surface area contributed by atoms with Gasteiger partial charge in [-0.15, -0.1) is 21.5 Å². The number of nitrogens with one attached hydrogen (secondary N) is 1. The maximum absolute atomic E-state index is 12.6. The maximum atomic E-state index is 12.6. The number of methoxy groups -OCH3 is 1. The molecule has 0 atom stereocenters. The van der Waals surface area contributed by atoms with Gasteiger partial charge in [0, 0.05) is 11.3 Å². The lowest BCUT2D eigenvalue weighted by Crippen LogP contribution is -2.13. The first-order valence-corrected chi connectivity index (χ1v) is 10.4.